The maximum Gasteiger partial charge on any atom is 0.0289 e. The first kappa shape index (κ1) is 13.7. The van der Waals surface area contributed by atoms with Crippen LogP contribution in [0.25, 0.3) is 0 Å². The lowest BCUT2D eigenvalue weighted by Gasteiger charge is -2.11. The van der Waals surface area contributed by atoms with Crippen LogP contribution in [0.4, 0.5) is 0 Å². The Balaban J connectivity index is 2.08. The summed E-state index contributed by atoms with van der Waals surface area (Å²) < 4.78 is 1.12. The van der Waals surface area contributed by atoms with E-state index in [1.807, 2.05) is 7.05 Å². The van der Waals surface area contributed by atoms with Crippen molar-refractivity contribution >= 4 is 27.7 Å². The normalized spacial score (nSPS) is 12.4. The van der Waals surface area contributed by atoms with Crippen LogP contribution in [0.1, 0.15) is 18.5 Å². The Kier molecular flexibility index (Phi) is 4.87. The second kappa shape index (κ2) is 6.41. The van der Waals surface area contributed by atoms with Crippen molar-refractivity contribution in [2.24, 2.45) is 0 Å². The van der Waals surface area contributed by atoms with Gasteiger partial charge in [-0.25, -0.2) is 0 Å². The molecule has 0 saturated heterocycles. The number of nitrogens with one attached hydrogen (secondary N) is 1. The lowest BCUT2D eigenvalue weighted by molar-refractivity contribution is 0.652. The molecule has 1 atom stereocenters. The van der Waals surface area contributed by atoms with Crippen LogP contribution in [0.5, 0.6) is 0 Å². The SMILES string of the molecule is CNC(C)c1ccc(Sc2ccc(Br)cc2)cc1. The van der Waals surface area contributed by atoms with Gasteiger partial charge in [0.2, 0.25) is 0 Å². The lowest BCUT2D eigenvalue weighted by Crippen LogP contribution is -2.11. The molecule has 0 amide bonds. The van der Waals surface area contributed by atoms with Gasteiger partial charge in [0.25, 0.3) is 0 Å². The highest BCUT2D eigenvalue weighted by atomic mass is 79.9. The molecule has 0 aliphatic carbocycles. The summed E-state index contributed by atoms with van der Waals surface area (Å²) in [6, 6.07) is 17.5. The molecule has 0 radical (unpaired) electrons. The van der Waals surface area contributed by atoms with Gasteiger partial charge >= 0.3 is 0 Å². The van der Waals surface area contributed by atoms with Crippen molar-refractivity contribution in [1.82, 2.24) is 5.32 Å². The molecule has 0 saturated carbocycles. The summed E-state index contributed by atoms with van der Waals surface area (Å²) in [6.07, 6.45) is 0. The molecular weight excluding hydrogens is 306 g/mol. The van der Waals surface area contributed by atoms with Gasteiger partial charge in [-0.15, -0.1) is 0 Å². The number of rotatable bonds is 4. The minimum Gasteiger partial charge on any atom is -0.313 e. The van der Waals surface area contributed by atoms with Gasteiger partial charge in [0, 0.05) is 20.3 Å². The molecule has 0 aliphatic rings. The molecule has 0 heterocycles. The first-order valence-corrected chi connectivity index (χ1v) is 7.50. The Labute approximate surface area is 121 Å². The molecular formula is C15H16BrNS. The van der Waals surface area contributed by atoms with Crippen LogP contribution in [0, 0.1) is 0 Å². The Morgan fingerprint density at radius 1 is 0.944 bits per heavy atom. The maximum atomic E-state index is 3.45. The van der Waals surface area contributed by atoms with Crippen molar-refractivity contribution in [3.63, 3.8) is 0 Å². The van der Waals surface area contributed by atoms with E-state index in [1.165, 1.54) is 15.4 Å². The molecule has 1 nitrogen and oxygen atoms in total. The number of halogens is 1. The van der Waals surface area contributed by atoms with Gasteiger partial charge in [0.1, 0.15) is 0 Å². The fourth-order valence-corrected chi connectivity index (χ4v) is 2.71. The van der Waals surface area contributed by atoms with Crippen LogP contribution in [0.3, 0.4) is 0 Å². The molecule has 0 aliphatic heterocycles. The standard InChI is InChI=1S/C15H16BrNS/c1-11(17-2)12-3-7-14(8-4-12)18-15-9-5-13(16)6-10-15/h3-11,17H,1-2H3. The van der Waals surface area contributed by atoms with Crippen LogP contribution in [0.15, 0.2) is 62.8 Å². The fraction of sp³-hybridized carbons (Fsp3) is 0.200. The number of benzene rings is 2. The van der Waals surface area contributed by atoms with E-state index in [9.17, 15) is 0 Å². The third-order valence-electron chi connectivity index (χ3n) is 2.86. The van der Waals surface area contributed by atoms with Gasteiger partial charge in [0.05, 0.1) is 0 Å². The first-order valence-electron chi connectivity index (χ1n) is 5.89. The number of hydrogen-bond donors (Lipinski definition) is 1. The zero-order chi connectivity index (χ0) is 13.0. The Bertz CT molecular complexity index is 493. The quantitative estimate of drug-likeness (QED) is 0.861. The fourth-order valence-electron chi connectivity index (χ4n) is 1.63. The van der Waals surface area contributed by atoms with E-state index < -0.39 is 0 Å². The average molecular weight is 322 g/mol. The third-order valence-corrected chi connectivity index (χ3v) is 4.41. The second-order valence-corrected chi connectivity index (χ2v) is 6.20. The van der Waals surface area contributed by atoms with E-state index in [1.54, 1.807) is 11.8 Å². The highest BCUT2D eigenvalue weighted by Crippen LogP contribution is 2.29. The molecule has 18 heavy (non-hydrogen) atoms. The van der Waals surface area contributed by atoms with Gasteiger partial charge in [-0.3, -0.25) is 0 Å². The molecule has 2 rings (SSSR count). The predicted molar refractivity (Wildman–Crippen MR) is 82.2 cm³/mol. The Morgan fingerprint density at radius 3 is 1.94 bits per heavy atom. The molecule has 1 unspecified atom stereocenters. The molecule has 3 heteroatoms. The van der Waals surface area contributed by atoms with Crippen molar-refractivity contribution in [2.75, 3.05) is 7.05 Å². The molecule has 0 fully saturated rings. The lowest BCUT2D eigenvalue weighted by atomic mass is 10.1. The molecule has 1 N–H and O–H groups in total. The summed E-state index contributed by atoms with van der Waals surface area (Å²) in [6.45, 7) is 2.16. The molecule has 2 aromatic carbocycles. The Hall–Kier alpha value is -0.770. The summed E-state index contributed by atoms with van der Waals surface area (Å²) in [7, 11) is 1.98. The summed E-state index contributed by atoms with van der Waals surface area (Å²) >= 11 is 5.23. The van der Waals surface area contributed by atoms with E-state index in [0.717, 1.165) is 4.47 Å². The summed E-state index contributed by atoms with van der Waals surface area (Å²) in [5.74, 6) is 0. The number of hydrogen-bond acceptors (Lipinski definition) is 2. The second-order valence-electron chi connectivity index (χ2n) is 4.14. The first-order chi connectivity index (χ1) is 8.69. The highest BCUT2D eigenvalue weighted by molar-refractivity contribution is 9.10. The van der Waals surface area contributed by atoms with Gasteiger partial charge in [-0.1, -0.05) is 39.8 Å². The van der Waals surface area contributed by atoms with Crippen LogP contribution in [0.2, 0.25) is 0 Å². The van der Waals surface area contributed by atoms with Crippen LogP contribution in [-0.2, 0) is 0 Å². The minimum absolute atomic E-state index is 0.400. The monoisotopic (exact) mass is 321 g/mol. The van der Waals surface area contributed by atoms with Crippen molar-refractivity contribution in [3.05, 3.63) is 58.6 Å². The zero-order valence-electron chi connectivity index (χ0n) is 10.5. The third kappa shape index (κ3) is 3.61. The molecule has 2 aromatic rings. The molecule has 94 valence electrons. The van der Waals surface area contributed by atoms with Crippen LogP contribution < -0.4 is 5.32 Å². The zero-order valence-corrected chi connectivity index (χ0v) is 12.9. The van der Waals surface area contributed by atoms with E-state index >= 15 is 0 Å². The van der Waals surface area contributed by atoms with Crippen LogP contribution in [-0.4, -0.2) is 7.05 Å². The van der Waals surface area contributed by atoms with E-state index in [-0.39, 0.29) is 0 Å². The molecule has 0 spiro atoms. The average Bonchev–Trinajstić information content (AvgIpc) is 2.41. The van der Waals surface area contributed by atoms with Gasteiger partial charge in [0.15, 0.2) is 0 Å². The Morgan fingerprint density at radius 2 is 1.44 bits per heavy atom. The van der Waals surface area contributed by atoms with Crippen molar-refractivity contribution in [3.8, 4) is 0 Å². The van der Waals surface area contributed by atoms with E-state index in [4.69, 9.17) is 0 Å². The molecule has 0 bridgehead atoms. The summed E-state index contributed by atoms with van der Waals surface area (Å²) in [5, 5.41) is 3.24. The van der Waals surface area contributed by atoms with Gasteiger partial charge < -0.3 is 5.32 Å². The van der Waals surface area contributed by atoms with Crippen molar-refractivity contribution in [1.29, 1.82) is 0 Å². The topological polar surface area (TPSA) is 12.0 Å². The van der Waals surface area contributed by atoms with E-state index in [0.29, 0.717) is 6.04 Å². The largest absolute Gasteiger partial charge is 0.313 e. The summed E-state index contributed by atoms with van der Waals surface area (Å²) in [4.78, 5) is 2.52. The van der Waals surface area contributed by atoms with Gasteiger partial charge in [-0.2, -0.15) is 0 Å². The van der Waals surface area contributed by atoms with E-state index in [2.05, 4.69) is 76.7 Å². The summed E-state index contributed by atoms with van der Waals surface area (Å²) in [5.41, 5.74) is 1.32. The van der Waals surface area contributed by atoms with Crippen molar-refractivity contribution < 1.29 is 0 Å². The minimum atomic E-state index is 0.400. The van der Waals surface area contributed by atoms with Crippen LogP contribution >= 0.6 is 27.7 Å². The smallest absolute Gasteiger partial charge is 0.0289 e. The maximum absolute atomic E-state index is 3.45. The predicted octanol–water partition coefficient (Wildman–Crippen LogP) is 4.88. The highest BCUT2D eigenvalue weighted by Gasteiger charge is 2.02. The van der Waals surface area contributed by atoms with Crippen molar-refractivity contribution in [2.45, 2.75) is 22.8 Å². The van der Waals surface area contributed by atoms with Gasteiger partial charge in [-0.05, 0) is 55.9 Å². The molecule has 0 aromatic heterocycles.